The molecule has 1 fully saturated rings. The Morgan fingerprint density at radius 1 is 1.26 bits per heavy atom. The van der Waals surface area contributed by atoms with Gasteiger partial charge in [0, 0.05) is 12.1 Å². The summed E-state index contributed by atoms with van der Waals surface area (Å²) in [6, 6.07) is 6.94. The van der Waals surface area contributed by atoms with Gasteiger partial charge in [-0.1, -0.05) is 18.6 Å². The highest BCUT2D eigenvalue weighted by Gasteiger charge is 2.35. The molecule has 0 aromatic heterocycles. The molecule has 0 aliphatic carbocycles. The average molecular weight is 264 g/mol. The lowest BCUT2D eigenvalue weighted by molar-refractivity contribution is 0.0657. The average Bonchev–Trinajstić information content (AvgIpc) is 2.42. The predicted octanol–water partition coefficient (Wildman–Crippen LogP) is 2.83. The number of likely N-dealkylation sites (tertiary alicyclic amines) is 1. The fourth-order valence-corrected chi connectivity index (χ4v) is 3.22. The van der Waals surface area contributed by atoms with Crippen molar-refractivity contribution in [2.45, 2.75) is 37.6 Å². The van der Waals surface area contributed by atoms with Crippen molar-refractivity contribution in [2.75, 3.05) is 27.2 Å². The smallest absolute Gasteiger partial charge is 0.123 e. The van der Waals surface area contributed by atoms with Crippen molar-refractivity contribution >= 4 is 0 Å². The molecular formula is C16H25FN2. The Kier molecular flexibility index (Phi) is 4.94. The minimum atomic E-state index is -0.150. The number of likely N-dealkylation sites (N-methyl/N-ethyl adjacent to an activating group) is 2. The number of rotatable bonds is 5. The van der Waals surface area contributed by atoms with Gasteiger partial charge in [0.2, 0.25) is 0 Å². The Labute approximate surface area is 116 Å². The monoisotopic (exact) mass is 264 g/mol. The van der Waals surface area contributed by atoms with Crippen LogP contribution in [0.25, 0.3) is 0 Å². The third-order valence-corrected chi connectivity index (χ3v) is 4.49. The Morgan fingerprint density at radius 3 is 2.63 bits per heavy atom. The van der Waals surface area contributed by atoms with Crippen LogP contribution in [0.4, 0.5) is 4.39 Å². The molecule has 1 aliphatic rings. The number of benzene rings is 1. The van der Waals surface area contributed by atoms with E-state index >= 15 is 0 Å². The lowest BCUT2D eigenvalue weighted by Gasteiger charge is -2.46. The lowest BCUT2D eigenvalue weighted by Crippen LogP contribution is -2.55. The minimum absolute atomic E-state index is 0.150. The van der Waals surface area contributed by atoms with Crippen LogP contribution in [-0.2, 0) is 6.42 Å². The second-order valence-electron chi connectivity index (χ2n) is 5.76. The molecule has 1 saturated heterocycles. The Balaban J connectivity index is 2.02. The third kappa shape index (κ3) is 3.54. The van der Waals surface area contributed by atoms with Gasteiger partial charge < -0.3 is 5.32 Å². The van der Waals surface area contributed by atoms with Crippen molar-refractivity contribution in [3.63, 3.8) is 0 Å². The molecule has 1 aromatic rings. The summed E-state index contributed by atoms with van der Waals surface area (Å²) in [5.41, 5.74) is 1.50. The van der Waals surface area contributed by atoms with E-state index in [1.165, 1.54) is 31.4 Å². The van der Waals surface area contributed by atoms with Crippen LogP contribution in [0.5, 0.6) is 0 Å². The molecule has 0 bridgehead atoms. The first-order chi connectivity index (χ1) is 9.16. The second-order valence-corrected chi connectivity index (χ2v) is 5.76. The quantitative estimate of drug-likeness (QED) is 0.880. The molecule has 0 amide bonds. The van der Waals surface area contributed by atoms with Gasteiger partial charge in [-0.05, 0) is 64.0 Å². The first kappa shape index (κ1) is 14.5. The summed E-state index contributed by atoms with van der Waals surface area (Å²) in [5.74, 6) is -0.150. The highest BCUT2D eigenvalue weighted by atomic mass is 19.1. The standard InChI is InChI=1S/C16H25FN2/c1-18-13-16(10-3-4-12-19(16)2)11-9-14-5-7-15(17)8-6-14/h5-8,18H,3-4,9-13H2,1-2H3. The Bertz CT molecular complexity index is 386. The summed E-state index contributed by atoms with van der Waals surface area (Å²) in [5, 5.41) is 3.35. The molecule has 0 saturated carbocycles. The molecule has 2 nitrogen and oxygen atoms in total. The van der Waals surface area contributed by atoms with Crippen molar-refractivity contribution in [1.29, 1.82) is 0 Å². The van der Waals surface area contributed by atoms with E-state index in [4.69, 9.17) is 0 Å². The number of nitrogens with one attached hydrogen (secondary N) is 1. The van der Waals surface area contributed by atoms with Gasteiger partial charge in [-0.2, -0.15) is 0 Å². The number of nitrogens with zero attached hydrogens (tertiary/aromatic N) is 1. The van der Waals surface area contributed by atoms with Crippen molar-refractivity contribution in [3.8, 4) is 0 Å². The largest absolute Gasteiger partial charge is 0.318 e. The van der Waals surface area contributed by atoms with Crippen LogP contribution in [0.3, 0.4) is 0 Å². The molecule has 1 aromatic carbocycles. The number of hydrogen-bond donors (Lipinski definition) is 1. The van der Waals surface area contributed by atoms with Crippen molar-refractivity contribution in [3.05, 3.63) is 35.6 Å². The summed E-state index contributed by atoms with van der Waals surface area (Å²) in [4.78, 5) is 2.51. The van der Waals surface area contributed by atoms with Crippen molar-refractivity contribution in [2.24, 2.45) is 0 Å². The summed E-state index contributed by atoms with van der Waals surface area (Å²) >= 11 is 0. The number of piperidine rings is 1. The van der Waals surface area contributed by atoms with Crippen LogP contribution in [0.1, 0.15) is 31.2 Å². The van der Waals surface area contributed by atoms with Gasteiger partial charge in [-0.3, -0.25) is 4.90 Å². The SMILES string of the molecule is CNCC1(CCc2ccc(F)cc2)CCCCN1C. The molecule has 19 heavy (non-hydrogen) atoms. The van der Waals surface area contributed by atoms with Gasteiger partial charge in [-0.25, -0.2) is 4.39 Å². The molecule has 1 atom stereocenters. The van der Waals surface area contributed by atoms with E-state index in [1.54, 1.807) is 12.1 Å². The van der Waals surface area contributed by atoms with E-state index in [1.807, 2.05) is 19.2 Å². The van der Waals surface area contributed by atoms with Crippen LogP contribution in [-0.4, -0.2) is 37.6 Å². The van der Waals surface area contributed by atoms with Gasteiger partial charge in [0.25, 0.3) is 0 Å². The van der Waals surface area contributed by atoms with Crippen LogP contribution in [0.2, 0.25) is 0 Å². The maximum absolute atomic E-state index is 12.9. The minimum Gasteiger partial charge on any atom is -0.318 e. The summed E-state index contributed by atoms with van der Waals surface area (Å²) in [6.07, 6.45) is 6.03. The second kappa shape index (κ2) is 6.49. The van der Waals surface area contributed by atoms with Gasteiger partial charge >= 0.3 is 0 Å². The highest BCUT2D eigenvalue weighted by molar-refractivity contribution is 5.17. The topological polar surface area (TPSA) is 15.3 Å². The molecule has 1 heterocycles. The van der Waals surface area contributed by atoms with E-state index in [0.29, 0.717) is 0 Å². The number of halogens is 1. The van der Waals surface area contributed by atoms with Gasteiger partial charge in [0.1, 0.15) is 5.82 Å². The van der Waals surface area contributed by atoms with Crippen LogP contribution in [0.15, 0.2) is 24.3 Å². The predicted molar refractivity (Wildman–Crippen MR) is 77.9 cm³/mol. The van der Waals surface area contributed by atoms with E-state index in [-0.39, 0.29) is 11.4 Å². The van der Waals surface area contributed by atoms with Crippen molar-refractivity contribution < 1.29 is 4.39 Å². The Morgan fingerprint density at radius 2 is 2.00 bits per heavy atom. The maximum atomic E-state index is 12.9. The van der Waals surface area contributed by atoms with Gasteiger partial charge in [0.15, 0.2) is 0 Å². The van der Waals surface area contributed by atoms with E-state index in [0.717, 1.165) is 19.4 Å². The zero-order valence-corrected chi connectivity index (χ0v) is 12.1. The molecule has 2 rings (SSSR count). The first-order valence-electron chi connectivity index (χ1n) is 7.27. The molecular weight excluding hydrogens is 239 g/mol. The molecule has 0 radical (unpaired) electrons. The zero-order valence-electron chi connectivity index (χ0n) is 12.1. The zero-order chi connectivity index (χ0) is 13.7. The van der Waals surface area contributed by atoms with Gasteiger partial charge in [0.05, 0.1) is 0 Å². The Hall–Kier alpha value is -0.930. The van der Waals surface area contributed by atoms with Crippen molar-refractivity contribution in [1.82, 2.24) is 10.2 Å². The fraction of sp³-hybridized carbons (Fsp3) is 0.625. The van der Waals surface area contributed by atoms with Crippen LogP contribution < -0.4 is 5.32 Å². The van der Waals surface area contributed by atoms with Crippen LogP contribution in [0, 0.1) is 5.82 Å². The normalized spacial score (nSPS) is 24.6. The van der Waals surface area contributed by atoms with Crippen LogP contribution >= 0.6 is 0 Å². The molecule has 0 spiro atoms. The molecule has 3 heteroatoms. The molecule has 1 aliphatic heterocycles. The van der Waals surface area contributed by atoms with E-state index < -0.39 is 0 Å². The van der Waals surface area contributed by atoms with E-state index in [2.05, 4.69) is 17.3 Å². The molecule has 1 unspecified atom stereocenters. The van der Waals surface area contributed by atoms with Gasteiger partial charge in [-0.15, -0.1) is 0 Å². The summed E-state index contributed by atoms with van der Waals surface area (Å²) < 4.78 is 12.9. The summed E-state index contributed by atoms with van der Waals surface area (Å²) in [6.45, 7) is 2.22. The molecule has 106 valence electrons. The number of aryl methyl sites for hydroxylation is 1. The third-order valence-electron chi connectivity index (χ3n) is 4.49. The number of hydrogen-bond acceptors (Lipinski definition) is 2. The summed E-state index contributed by atoms with van der Waals surface area (Å²) in [7, 11) is 4.27. The highest BCUT2D eigenvalue weighted by Crippen LogP contribution is 2.30. The van der Waals surface area contributed by atoms with E-state index in [9.17, 15) is 4.39 Å². The molecule has 1 N–H and O–H groups in total. The lowest BCUT2D eigenvalue weighted by atomic mass is 9.82. The fourth-order valence-electron chi connectivity index (χ4n) is 3.22. The first-order valence-corrected chi connectivity index (χ1v) is 7.27. The maximum Gasteiger partial charge on any atom is 0.123 e.